The average molecular weight is 843 g/mol. The lowest BCUT2D eigenvalue weighted by Crippen LogP contribution is -2.27. The first-order valence-corrected chi connectivity index (χ1v) is 20.8. The maximum Gasteiger partial charge on any atom is 0.127 e. The molecule has 10 rings (SSSR count). The highest BCUT2D eigenvalue weighted by molar-refractivity contribution is 6.01. The molecular weight excluding hydrogens is 801 g/mol. The van der Waals surface area contributed by atoms with Gasteiger partial charge in [0.05, 0.1) is 10.8 Å². The van der Waals surface area contributed by atoms with Gasteiger partial charge in [-0.15, -0.1) is 0 Å². The first-order chi connectivity index (χ1) is 30.8. The van der Waals surface area contributed by atoms with Gasteiger partial charge in [-0.25, -0.2) is 0 Å². The number of fused-ring (bicyclic) bond motifs is 4. The van der Waals surface area contributed by atoms with Gasteiger partial charge in [0.2, 0.25) is 0 Å². The molecule has 0 saturated carbocycles. The number of benzene rings is 10. The van der Waals surface area contributed by atoms with Gasteiger partial charge in [0, 0.05) is 68.1 Å². The van der Waals surface area contributed by atoms with E-state index in [0.29, 0.717) is 76.5 Å². The van der Waals surface area contributed by atoms with Crippen LogP contribution in [0.5, 0.6) is 46.0 Å². The van der Waals surface area contributed by atoms with E-state index in [1.807, 2.05) is 135 Å². The molecule has 0 aliphatic carbocycles. The first-order valence-electron chi connectivity index (χ1n) is 20.8. The summed E-state index contributed by atoms with van der Waals surface area (Å²) in [6.07, 6.45) is 0. The molecule has 0 aliphatic heterocycles. The third kappa shape index (κ3) is 5.83. The smallest absolute Gasteiger partial charge is 0.127 e. The number of rotatable bonds is 7. The predicted molar refractivity (Wildman–Crippen MR) is 252 cm³/mol. The lowest BCUT2D eigenvalue weighted by molar-refractivity contribution is 0.431. The molecular formula is C56H42O8. The molecule has 8 heteroatoms. The second-order valence-electron chi connectivity index (χ2n) is 16.7. The predicted octanol–water partition coefficient (Wildman–Crippen LogP) is 12.3. The fourth-order valence-corrected chi connectivity index (χ4v) is 10.3. The molecule has 0 bridgehead atoms. The highest BCUT2D eigenvalue weighted by Crippen LogP contribution is 2.55. The topological polar surface area (TPSA) is 162 Å². The molecule has 0 atom stereocenters. The molecule has 0 spiro atoms. The van der Waals surface area contributed by atoms with Gasteiger partial charge in [-0.05, 0) is 57.6 Å². The maximum atomic E-state index is 11.8. The van der Waals surface area contributed by atoms with E-state index in [0.717, 1.165) is 11.1 Å². The van der Waals surface area contributed by atoms with Gasteiger partial charge in [0.1, 0.15) is 46.0 Å². The highest BCUT2D eigenvalue weighted by atomic mass is 16.3. The largest absolute Gasteiger partial charge is 0.507 e. The summed E-state index contributed by atoms with van der Waals surface area (Å²) in [7, 11) is 0. The van der Waals surface area contributed by atoms with Gasteiger partial charge >= 0.3 is 0 Å². The molecule has 8 nitrogen and oxygen atoms in total. The van der Waals surface area contributed by atoms with E-state index >= 15 is 0 Å². The Morgan fingerprint density at radius 3 is 0.672 bits per heavy atom. The summed E-state index contributed by atoms with van der Waals surface area (Å²) in [5.74, 6) is -1.02. The van der Waals surface area contributed by atoms with Gasteiger partial charge in [-0.1, -0.05) is 146 Å². The van der Waals surface area contributed by atoms with E-state index in [1.54, 1.807) is 24.3 Å². The monoisotopic (exact) mass is 842 g/mol. The Balaban J connectivity index is 1.16. The Morgan fingerprint density at radius 2 is 0.453 bits per heavy atom. The summed E-state index contributed by atoms with van der Waals surface area (Å²) < 4.78 is 0. The summed E-state index contributed by atoms with van der Waals surface area (Å²) in [6, 6.07) is 49.8. The van der Waals surface area contributed by atoms with Crippen molar-refractivity contribution in [2.75, 3.05) is 0 Å². The Kier molecular flexibility index (Phi) is 9.09. The quantitative estimate of drug-likeness (QED) is 0.0736. The summed E-state index contributed by atoms with van der Waals surface area (Å²) >= 11 is 0. The zero-order valence-corrected chi connectivity index (χ0v) is 34.7. The lowest BCUT2D eigenvalue weighted by Gasteiger charge is -2.35. The van der Waals surface area contributed by atoms with Crippen LogP contribution < -0.4 is 0 Å². The third-order valence-corrected chi connectivity index (χ3v) is 13.3. The van der Waals surface area contributed by atoms with Gasteiger partial charge < -0.3 is 40.9 Å². The Labute approximate surface area is 367 Å². The van der Waals surface area contributed by atoms with Crippen molar-refractivity contribution in [3.05, 3.63) is 203 Å². The highest BCUT2D eigenvalue weighted by Gasteiger charge is 2.41. The summed E-state index contributed by atoms with van der Waals surface area (Å²) in [5, 5.41) is 95.4. The van der Waals surface area contributed by atoms with E-state index in [2.05, 4.69) is 0 Å². The molecule has 0 unspecified atom stereocenters. The third-order valence-electron chi connectivity index (χ3n) is 13.3. The summed E-state index contributed by atoms with van der Waals surface area (Å²) in [6.45, 7) is 3.83. The van der Waals surface area contributed by atoms with Crippen molar-refractivity contribution in [2.45, 2.75) is 24.7 Å². The van der Waals surface area contributed by atoms with E-state index < -0.39 is 10.8 Å². The van der Waals surface area contributed by atoms with E-state index in [9.17, 15) is 40.9 Å². The summed E-state index contributed by atoms with van der Waals surface area (Å²) in [4.78, 5) is 0. The van der Waals surface area contributed by atoms with Crippen LogP contribution in [0.25, 0.3) is 54.2 Å². The zero-order chi connectivity index (χ0) is 44.7. The fourth-order valence-electron chi connectivity index (χ4n) is 10.3. The van der Waals surface area contributed by atoms with Crippen LogP contribution >= 0.6 is 0 Å². The standard InChI is InChI=1S/C56H42O8/c1-55(51-39-15-7-3-11-35(39)43(57)27-47(51)61,52-40-16-8-4-12-36(40)44(58)28-48(52)62)33-23-19-31(20-24-33)32-21-25-34(26-22-32)56(2,53-41-17-9-5-13-37(41)45(59)29-49(53)63)54-42-18-10-6-14-38(42)46(60)30-50(54)64/h3-30,57-64H,1-2H3. The number of hydrogen-bond donors (Lipinski definition) is 8. The fraction of sp³-hybridized carbons (Fsp3) is 0.0714. The number of aromatic hydroxyl groups is 8. The molecule has 0 amide bonds. The SMILES string of the molecule is CC(c1ccc(-c2ccc(C(C)(c3c(O)cc(O)c4ccccc34)c3c(O)cc(O)c4ccccc34)cc2)cc1)(c1c(O)cc(O)c2ccccc12)c1c(O)cc(O)c2ccccc12. The number of hydrogen-bond acceptors (Lipinski definition) is 8. The molecule has 314 valence electrons. The molecule has 0 radical (unpaired) electrons. The van der Waals surface area contributed by atoms with Crippen molar-refractivity contribution in [1.82, 2.24) is 0 Å². The minimum atomic E-state index is -1.25. The van der Waals surface area contributed by atoms with Crippen LogP contribution in [0.4, 0.5) is 0 Å². The van der Waals surface area contributed by atoms with Gasteiger partial charge in [-0.2, -0.15) is 0 Å². The van der Waals surface area contributed by atoms with Crippen LogP contribution in [-0.2, 0) is 10.8 Å². The molecule has 0 aromatic heterocycles. The second-order valence-corrected chi connectivity index (χ2v) is 16.7. The van der Waals surface area contributed by atoms with Gasteiger partial charge in [-0.3, -0.25) is 0 Å². The average Bonchev–Trinajstić information content (AvgIpc) is 3.29. The molecule has 0 fully saturated rings. The van der Waals surface area contributed by atoms with Crippen molar-refractivity contribution >= 4 is 43.1 Å². The van der Waals surface area contributed by atoms with Gasteiger partial charge in [0.15, 0.2) is 0 Å². The second kappa shape index (κ2) is 14.6. The van der Waals surface area contributed by atoms with Crippen LogP contribution in [0, 0.1) is 0 Å². The van der Waals surface area contributed by atoms with Crippen molar-refractivity contribution in [2.24, 2.45) is 0 Å². The van der Waals surface area contributed by atoms with E-state index in [-0.39, 0.29) is 46.0 Å². The zero-order valence-electron chi connectivity index (χ0n) is 34.7. The molecule has 0 heterocycles. The molecule has 10 aromatic carbocycles. The molecule has 64 heavy (non-hydrogen) atoms. The van der Waals surface area contributed by atoms with Crippen LogP contribution in [0.1, 0.15) is 47.2 Å². The van der Waals surface area contributed by atoms with E-state index in [1.165, 1.54) is 24.3 Å². The van der Waals surface area contributed by atoms with Crippen LogP contribution in [0.15, 0.2) is 170 Å². The van der Waals surface area contributed by atoms with E-state index in [4.69, 9.17) is 0 Å². The maximum absolute atomic E-state index is 11.8. The van der Waals surface area contributed by atoms with Crippen LogP contribution in [-0.4, -0.2) is 40.9 Å². The number of phenolic OH excluding ortho intramolecular Hbond substituents is 8. The van der Waals surface area contributed by atoms with Crippen molar-refractivity contribution in [1.29, 1.82) is 0 Å². The Bertz CT molecular complexity index is 3090. The molecule has 0 saturated heterocycles. The molecule has 0 aliphatic rings. The normalized spacial score (nSPS) is 12.1. The first kappa shape index (κ1) is 39.8. The minimum Gasteiger partial charge on any atom is -0.507 e. The van der Waals surface area contributed by atoms with Crippen molar-refractivity contribution < 1.29 is 40.9 Å². The Morgan fingerprint density at radius 1 is 0.250 bits per heavy atom. The Hall–Kier alpha value is -8.36. The minimum absolute atomic E-state index is 0.0866. The molecule has 10 aromatic rings. The molecule has 8 N–H and O–H groups in total. The van der Waals surface area contributed by atoms with Gasteiger partial charge in [0.25, 0.3) is 0 Å². The summed E-state index contributed by atoms with van der Waals surface area (Å²) in [5.41, 5.74) is 2.44. The lowest BCUT2D eigenvalue weighted by atomic mass is 9.67. The van der Waals surface area contributed by atoms with Crippen molar-refractivity contribution in [3.63, 3.8) is 0 Å². The van der Waals surface area contributed by atoms with Crippen LogP contribution in [0.3, 0.4) is 0 Å². The van der Waals surface area contributed by atoms with Crippen LogP contribution in [0.2, 0.25) is 0 Å². The van der Waals surface area contributed by atoms with Crippen molar-refractivity contribution in [3.8, 4) is 57.1 Å². The number of phenols is 8.